The summed E-state index contributed by atoms with van der Waals surface area (Å²) in [7, 11) is 1.69. The zero-order valence-corrected chi connectivity index (χ0v) is 13.2. The second kappa shape index (κ2) is 5.45. The zero-order chi connectivity index (χ0) is 14.3. The van der Waals surface area contributed by atoms with Gasteiger partial charge in [-0.1, -0.05) is 11.6 Å². The smallest absolute Gasteiger partial charge is 0.143 e. The van der Waals surface area contributed by atoms with Crippen LogP contribution in [0, 0.1) is 6.92 Å². The number of nitrogens with zero attached hydrogens (tertiary/aromatic N) is 1. The van der Waals surface area contributed by atoms with Crippen molar-refractivity contribution in [2.75, 3.05) is 19.0 Å². The third-order valence-corrected chi connectivity index (χ3v) is 4.89. The molecule has 4 heteroatoms. The quantitative estimate of drug-likeness (QED) is 0.916. The molecule has 0 radical (unpaired) electrons. The molecule has 2 atom stereocenters. The number of benzene rings is 1. The molecule has 0 aromatic heterocycles. The molecule has 1 aliphatic heterocycles. The molecule has 1 N–H and O–H groups in total. The number of nitrogens with one attached hydrogen (secondary N) is 1. The molecule has 3 nitrogen and oxygen atoms in total. The Morgan fingerprint density at radius 3 is 2.75 bits per heavy atom. The summed E-state index contributed by atoms with van der Waals surface area (Å²) in [6, 6.07) is 6.01. The van der Waals surface area contributed by atoms with E-state index in [0.29, 0.717) is 12.1 Å². The third-order valence-electron chi connectivity index (χ3n) is 4.48. The average Bonchev–Trinajstić information content (AvgIpc) is 3.18. The van der Waals surface area contributed by atoms with Gasteiger partial charge in [0, 0.05) is 35.8 Å². The molecule has 1 saturated carbocycles. The van der Waals surface area contributed by atoms with E-state index in [0.717, 1.165) is 34.6 Å². The molecule has 1 saturated heterocycles. The molecule has 0 amide bonds. The van der Waals surface area contributed by atoms with Crippen LogP contribution in [-0.2, 0) is 0 Å². The monoisotopic (exact) mass is 294 g/mol. The van der Waals surface area contributed by atoms with E-state index in [1.54, 1.807) is 7.11 Å². The van der Waals surface area contributed by atoms with E-state index in [-0.39, 0.29) is 0 Å². The Morgan fingerprint density at radius 2 is 2.10 bits per heavy atom. The van der Waals surface area contributed by atoms with Crippen molar-refractivity contribution >= 4 is 17.3 Å². The highest BCUT2D eigenvalue weighted by molar-refractivity contribution is 6.31. The summed E-state index contributed by atoms with van der Waals surface area (Å²) in [6.07, 6.45) is 3.95. The van der Waals surface area contributed by atoms with Gasteiger partial charge in [-0.15, -0.1) is 0 Å². The van der Waals surface area contributed by atoms with Crippen LogP contribution in [0.1, 0.15) is 31.7 Å². The minimum atomic E-state index is 0.500. The zero-order valence-electron chi connectivity index (χ0n) is 12.4. The standard InChI is InChI=1S/C16H23ClN2O/c1-10-6-15(16(20-3)8-14(10)17)18-12-7-11(2)19(9-12)13-4-5-13/h6,8,11-13,18H,4-5,7,9H2,1-3H3. The third kappa shape index (κ3) is 2.75. The summed E-state index contributed by atoms with van der Waals surface area (Å²) in [5.74, 6) is 0.832. The molecule has 2 fully saturated rings. The van der Waals surface area contributed by atoms with Crippen molar-refractivity contribution in [2.24, 2.45) is 0 Å². The maximum Gasteiger partial charge on any atom is 0.143 e. The summed E-state index contributed by atoms with van der Waals surface area (Å²) in [5.41, 5.74) is 2.14. The van der Waals surface area contributed by atoms with E-state index in [1.165, 1.54) is 19.3 Å². The first kappa shape index (κ1) is 14.0. The number of rotatable bonds is 4. The number of ether oxygens (including phenoxy) is 1. The fraction of sp³-hybridized carbons (Fsp3) is 0.625. The molecule has 2 unspecified atom stereocenters. The van der Waals surface area contributed by atoms with Crippen molar-refractivity contribution in [3.8, 4) is 5.75 Å². The van der Waals surface area contributed by atoms with Crippen LogP contribution in [0.2, 0.25) is 5.02 Å². The van der Waals surface area contributed by atoms with E-state index in [4.69, 9.17) is 16.3 Å². The first-order chi connectivity index (χ1) is 9.58. The first-order valence-electron chi connectivity index (χ1n) is 7.45. The van der Waals surface area contributed by atoms with Crippen LogP contribution in [0.15, 0.2) is 12.1 Å². The lowest BCUT2D eigenvalue weighted by atomic mass is 10.1. The van der Waals surface area contributed by atoms with Crippen molar-refractivity contribution in [1.29, 1.82) is 0 Å². The second-order valence-corrected chi connectivity index (χ2v) is 6.56. The molecular weight excluding hydrogens is 272 g/mol. The minimum absolute atomic E-state index is 0.500. The lowest BCUT2D eigenvalue weighted by Crippen LogP contribution is -2.31. The maximum absolute atomic E-state index is 6.16. The molecule has 0 spiro atoms. The van der Waals surface area contributed by atoms with Gasteiger partial charge in [-0.25, -0.2) is 0 Å². The Kier molecular flexibility index (Phi) is 3.83. The summed E-state index contributed by atoms with van der Waals surface area (Å²) in [6.45, 7) is 5.50. The summed E-state index contributed by atoms with van der Waals surface area (Å²) < 4.78 is 5.44. The maximum atomic E-state index is 6.16. The number of hydrogen-bond acceptors (Lipinski definition) is 3. The lowest BCUT2D eigenvalue weighted by molar-refractivity contribution is 0.257. The van der Waals surface area contributed by atoms with Crippen LogP contribution in [0.5, 0.6) is 5.75 Å². The Balaban J connectivity index is 1.73. The van der Waals surface area contributed by atoms with Crippen molar-refractivity contribution < 1.29 is 4.74 Å². The molecule has 20 heavy (non-hydrogen) atoms. The number of anilines is 1. The average molecular weight is 295 g/mol. The number of methoxy groups -OCH3 is 1. The molecule has 1 aromatic rings. The molecule has 2 aliphatic rings. The van der Waals surface area contributed by atoms with Gasteiger partial charge < -0.3 is 10.1 Å². The Bertz CT molecular complexity index is 501. The van der Waals surface area contributed by atoms with Crippen molar-refractivity contribution in [1.82, 2.24) is 4.90 Å². The van der Waals surface area contributed by atoms with E-state index < -0.39 is 0 Å². The van der Waals surface area contributed by atoms with Gasteiger partial charge in [-0.2, -0.15) is 0 Å². The van der Waals surface area contributed by atoms with Crippen molar-refractivity contribution in [2.45, 2.75) is 51.2 Å². The fourth-order valence-electron chi connectivity index (χ4n) is 3.24. The first-order valence-corrected chi connectivity index (χ1v) is 7.82. The van der Waals surface area contributed by atoms with Gasteiger partial charge in [0.1, 0.15) is 5.75 Å². The molecule has 1 aliphatic carbocycles. The molecular formula is C16H23ClN2O. The van der Waals surface area contributed by atoms with E-state index in [2.05, 4.69) is 23.2 Å². The normalized spacial score (nSPS) is 26.8. The number of likely N-dealkylation sites (tertiary alicyclic amines) is 1. The van der Waals surface area contributed by atoms with Gasteiger partial charge in [0.15, 0.2) is 0 Å². The lowest BCUT2D eigenvalue weighted by Gasteiger charge is -2.20. The SMILES string of the molecule is COc1cc(Cl)c(C)cc1NC1CC(C)N(C2CC2)C1. The highest BCUT2D eigenvalue weighted by atomic mass is 35.5. The van der Waals surface area contributed by atoms with Gasteiger partial charge in [0.05, 0.1) is 12.8 Å². The van der Waals surface area contributed by atoms with E-state index >= 15 is 0 Å². The molecule has 110 valence electrons. The largest absolute Gasteiger partial charge is 0.495 e. The van der Waals surface area contributed by atoms with Crippen LogP contribution in [0.4, 0.5) is 5.69 Å². The fourth-order valence-corrected chi connectivity index (χ4v) is 3.39. The van der Waals surface area contributed by atoms with Gasteiger partial charge in [-0.05, 0) is 44.7 Å². The molecule has 0 bridgehead atoms. The summed E-state index contributed by atoms with van der Waals surface area (Å²) in [4.78, 5) is 2.65. The Hall–Kier alpha value is -0.930. The summed E-state index contributed by atoms with van der Waals surface area (Å²) >= 11 is 6.16. The Labute approximate surface area is 126 Å². The minimum Gasteiger partial charge on any atom is -0.495 e. The van der Waals surface area contributed by atoms with Crippen molar-refractivity contribution in [3.05, 3.63) is 22.7 Å². The van der Waals surface area contributed by atoms with Crippen LogP contribution >= 0.6 is 11.6 Å². The van der Waals surface area contributed by atoms with Crippen LogP contribution in [-0.4, -0.2) is 36.7 Å². The number of aryl methyl sites for hydroxylation is 1. The van der Waals surface area contributed by atoms with Gasteiger partial charge in [0.25, 0.3) is 0 Å². The van der Waals surface area contributed by atoms with E-state index in [1.807, 2.05) is 13.0 Å². The van der Waals surface area contributed by atoms with Crippen LogP contribution in [0.3, 0.4) is 0 Å². The van der Waals surface area contributed by atoms with Gasteiger partial charge >= 0.3 is 0 Å². The number of hydrogen-bond donors (Lipinski definition) is 1. The highest BCUT2D eigenvalue weighted by Crippen LogP contribution is 2.36. The van der Waals surface area contributed by atoms with Crippen molar-refractivity contribution in [3.63, 3.8) is 0 Å². The van der Waals surface area contributed by atoms with Crippen LogP contribution in [0.25, 0.3) is 0 Å². The van der Waals surface area contributed by atoms with Crippen LogP contribution < -0.4 is 10.1 Å². The summed E-state index contributed by atoms with van der Waals surface area (Å²) in [5, 5.41) is 4.40. The molecule has 3 rings (SSSR count). The predicted octanol–water partition coefficient (Wildman–Crippen LogP) is 3.69. The van der Waals surface area contributed by atoms with E-state index in [9.17, 15) is 0 Å². The van der Waals surface area contributed by atoms with Gasteiger partial charge in [0.2, 0.25) is 0 Å². The number of halogens is 1. The highest BCUT2D eigenvalue weighted by Gasteiger charge is 2.38. The Morgan fingerprint density at radius 1 is 1.35 bits per heavy atom. The molecule has 1 aromatic carbocycles. The second-order valence-electron chi connectivity index (χ2n) is 6.16. The predicted molar refractivity (Wildman–Crippen MR) is 84.0 cm³/mol. The topological polar surface area (TPSA) is 24.5 Å². The molecule has 1 heterocycles. The van der Waals surface area contributed by atoms with Gasteiger partial charge in [-0.3, -0.25) is 4.90 Å².